The van der Waals surface area contributed by atoms with E-state index in [1.807, 2.05) is 24.3 Å². The van der Waals surface area contributed by atoms with Crippen molar-refractivity contribution in [2.45, 2.75) is 25.8 Å². The number of Topliss-reactive ketones (excluding diaryl/α,β-unsaturated/α-hetero) is 1. The van der Waals surface area contributed by atoms with Crippen molar-refractivity contribution in [1.29, 1.82) is 0 Å². The number of carbonyl (C=O) groups is 1. The van der Waals surface area contributed by atoms with Crippen LogP contribution in [0.2, 0.25) is 0 Å². The van der Waals surface area contributed by atoms with Gasteiger partial charge in [-0.15, -0.1) is 0 Å². The minimum absolute atomic E-state index is 0.0453. The molecule has 1 aliphatic heterocycles. The molecule has 2 aromatic rings. The lowest BCUT2D eigenvalue weighted by atomic mass is 10.0. The summed E-state index contributed by atoms with van der Waals surface area (Å²) < 4.78 is 5.88. The van der Waals surface area contributed by atoms with E-state index in [1.165, 1.54) is 18.4 Å². The Kier molecular flexibility index (Phi) is 5.09. The molecule has 0 radical (unpaired) electrons. The van der Waals surface area contributed by atoms with Gasteiger partial charge in [0.1, 0.15) is 12.4 Å². The highest BCUT2D eigenvalue weighted by molar-refractivity contribution is 5.96. The summed E-state index contributed by atoms with van der Waals surface area (Å²) in [5.41, 5.74) is 2.04. The molecule has 2 aromatic carbocycles. The van der Waals surface area contributed by atoms with Crippen LogP contribution >= 0.6 is 0 Å². The minimum atomic E-state index is 0.0453. The molecule has 0 saturated carbocycles. The van der Waals surface area contributed by atoms with Crippen LogP contribution in [-0.2, 0) is 0 Å². The Morgan fingerprint density at radius 3 is 2.65 bits per heavy atom. The molecule has 1 atom stereocenters. The first-order valence-electron chi connectivity index (χ1n) is 8.27. The van der Waals surface area contributed by atoms with E-state index in [0.717, 1.165) is 13.1 Å². The molecule has 3 heteroatoms. The molecule has 0 amide bonds. The molecule has 1 unspecified atom stereocenters. The van der Waals surface area contributed by atoms with Crippen molar-refractivity contribution in [3.05, 3.63) is 65.7 Å². The third-order valence-electron chi connectivity index (χ3n) is 4.45. The van der Waals surface area contributed by atoms with Gasteiger partial charge in [0.25, 0.3) is 0 Å². The lowest BCUT2D eigenvalue weighted by Crippen LogP contribution is -2.28. The van der Waals surface area contributed by atoms with Crippen LogP contribution < -0.4 is 4.74 Å². The van der Waals surface area contributed by atoms with E-state index in [1.54, 1.807) is 6.92 Å². The summed E-state index contributed by atoms with van der Waals surface area (Å²) in [6, 6.07) is 18.6. The standard InChI is InChI=1S/C20H23NO2/c1-16(22)18-10-5-6-12-20(18)23-15-14-21-13-7-11-19(21)17-8-3-2-4-9-17/h2-6,8-10,12,19H,7,11,13-15H2,1H3. The summed E-state index contributed by atoms with van der Waals surface area (Å²) in [6.45, 7) is 4.17. The number of para-hydroxylation sites is 1. The van der Waals surface area contributed by atoms with Crippen LogP contribution in [0.5, 0.6) is 5.75 Å². The van der Waals surface area contributed by atoms with Gasteiger partial charge in [0.05, 0.1) is 5.56 Å². The van der Waals surface area contributed by atoms with Crippen molar-refractivity contribution in [2.24, 2.45) is 0 Å². The maximum atomic E-state index is 11.6. The molecule has 1 saturated heterocycles. The molecule has 0 bridgehead atoms. The third kappa shape index (κ3) is 3.80. The van der Waals surface area contributed by atoms with Crippen molar-refractivity contribution in [3.63, 3.8) is 0 Å². The smallest absolute Gasteiger partial charge is 0.163 e. The second-order valence-corrected chi connectivity index (χ2v) is 6.01. The average Bonchev–Trinajstić information content (AvgIpc) is 3.04. The van der Waals surface area contributed by atoms with E-state index < -0.39 is 0 Å². The van der Waals surface area contributed by atoms with Gasteiger partial charge in [0, 0.05) is 12.6 Å². The van der Waals surface area contributed by atoms with Crippen LogP contribution in [0.15, 0.2) is 54.6 Å². The second kappa shape index (κ2) is 7.42. The molecule has 23 heavy (non-hydrogen) atoms. The lowest BCUT2D eigenvalue weighted by Gasteiger charge is -2.25. The molecule has 0 spiro atoms. The van der Waals surface area contributed by atoms with Gasteiger partial charge < -0.3 is 4.74 Å². The summed E-state index contributed by atoms with van der Waals surface area (Å²) in [7, 11) is 0. The van der Waals surface area contributed by atoms with Crippen molar-refractivity contribution in [3.8, 4) is 5.75 Å². The number of hydrogen-bond acceptors (Lipinski definition) is 3. The van der Waals surface area contributed by atoms with Crippen molar-refractivity contribution < 1.29 is 9.53 Å². The number of likely N-dealkylation sites (tertiary alicyclic amines) is 1. The monoisotopic (exact) mass is 309 g/mol. The van der Waals surface area contributed by atoms with Crippen LogP contribution in [0.1, 0.15) is 41.7 Å². The molecule has 3 nitrogen and oxygen atoms in total. The third-order valence-corrected chi connectivity index (χ3v) is 4.45. The fourth-order valence-corrected chi connectivity index (χ4v) is 3.30. The fraction of sp³-hybridized carbons (Fsp3) is 0.350. The first-order valence-corrected chi connectivity index (χ1v) is 8.27. The molecule has 120 valence electrons. The minimum Gasteiger partial charge on any atom is -0.491 e. The Hall–Kier alpha value is -2.13. The summed E-state index contributed by atoms with van der Waals surface area (Å²) in [4.78, 5) is 14.1. The van der Waals surface area contributed by atoms with Crippen LogP contribution in [0.25, 0.3) is 0 Å². The summed E-state index contributed by atoms with van der Waals surface area (Å²) in [6.07, 6.45) is 2.43. The number of ether oxygens (including phenoxy) is 1. The Labute approximate surface area is 137 Å². The Morgan fingerprint density at radius 2 is 1.87 bits per heavy atom. The lowest BCUT2D eigenvalue weighted by molar-refractivity contribution is 0.101. The molecule has 0 aromatic heterocycles. The molecule has 3 rings (SSSR count). The maximum absolute atomic E-state index is 11.6. The van der Waals surface area contributed by atoms with Gasteiger partial charge in [-0.3, -0.25) is 9.69 Å². The average molecular weight is 309 g/mol. The van der Waals surface area contributed by atoms with E-state index in [9.17, 15) is 4.79 Å². The van der Waals surface area contributed by atoms with E-state index in [4.69, 9.17) is 4.74 Å². The molecule has 1 heterocycles. The van der Waals surface area contributed by atoms with Gasteiger partial charge in [-0.25, -0.2) is 0 Å². The number of carbonyl (C=O) groups excluding carboxylic acids is 1. The van der Waals surface area contributed by atoms with Crippen molar-refractivity contribution in [1.82, 2.24) is 4.90 Å². The van der Waals surface area contributed by atoms with Crippen molar-refractivity contribution in [2.75, 3.05) is 19.7 Å². The summed E-state index contributed by atoms with van der Waals surface area (Å²) >= 11 is 0. The number of ketones is 1. The molecule has 0 aliphatic carbocycles. The molecule has 0 N–H and O–H groups in total. The Bertz CT molecular complexity index is 654. The molecular weight excluding hydrogens is 286 g/mol. The van der Waals surface area contributed by atoms with E-state index in [2.05, 4.69) is 35.2 Å². The zero-order valence-electron chi connectivity index (χ0n) is 13.6. The SMILES string of the molecule is CC(=O)c1ccccc1OCCN1CCCC1c1ccccc1. The predicted molar refractivity (Wildman–Crippen MR) is 91.9 cm³/mol. The largest absolute Gasteiger partial charge is 0.491 e. The van der Waals surface area contributed by atoms with E-state index in [-0.39, 0.29) is 5.78 Å². The number of hydrogen-bond donors (Lipinski definition) is 0. The van der Waals surface area contributed by atoms with E-state index >= 15 is 0 Å². The zero-order valence-corrected chi connectivity index (χ0v) is 13.6. The zero-order chi connectivity index (χ0) is 16.1. The predicted octanol–water partition coefficient (Wildman–Crippen LogP) is 4.11. The number of benzene rings is 2. The first-order chi connectivity index (χ1) is 11.3. The highest BCUT2D eigenvalue weighted by Crippen LogP contribution is 2.31. The first kappa shape index (κ1) is 15.8. The van der Waals surface area contributed by atoms with Gasteiger partial charge >= 0.3 is 0 Å². The van der Waals surface area contributed by atoms with Crippen LogP contribution in [0.3, 0.4) is 0 Å². The molecule has 1 aliphatic rings. The van der Waals surface area contributed by atoms with Gasteiger partial charge in [0.15, 0.2) is 5.78 Å². The van der Waals surface area contributed by atoms with Crippen molar-refractivity contribution >= 4 is 5.78 Å². The number of nitrogens with zero attached hydrogens (tertiary/aromatic N) is 1. The second-order valence-electron chi connectivity index (χ2n) is 6.01. The fourth-order valence-electron chi connectivity index (χ4n) is 3.30. The van der Waals surface area contributed by atoms with Gasteiger partial charge in [0.2, 0.25) is 0 Å². The topological polar surface area (TPSA) is 29.5 Å². The summed E-state index contributed by atoms with van der Waals surface area (Å²) in [5, 5.41) is 0. The highest BCUT2D eigenvalue weighted by atomic mass is 16.5. The Morgan fingerprint density at radius 1 is 1.13 bits per heavy atom. The van der Waals surface area contributed by atoms with Gasteiger partial charge in [-0.1, -0.05) is 42.5 Å². The van der Waals surface area contributed by atoms with Crippen LogP contribution in [0, 0.1) is 0 Å². The van der Waals surface area contributed by atoms with Gasteiger partial charge in [-0.05, 0) is 44.0 Å². The Balaban J connectivity index is 1.59. The van der Waals surface area contributed by atoms with Gasteiger partial charge in [-0.2, -0.15) is 0 Å². The quantitative estimate of drug-likeness (QED) is 0.752. The number of rotatable bonds is 6. The van der Waals surface area contributed by atoms with Crippen LogP contribution in [-0.4, -0.2) is 30.4 Å². The normalized spacial score (nSPS) is 18.0. The highest BCUT2D eigenvalue weighted by Gasteiger charge is 2.25. The van der Waals surface area contributed by atoms with Crippen LogP contribution in [0.4, 0.5) is 0 Å². The molecular formula is C20H23NO2. The van der Waals surface area contributed by atoms with E-state index in [0.29, 0.717) is 24.0 Å². The maximum Gasteiger partial charge on any atom is 0.163 e. The summed E-state index contributed by atoms with van der Waals surface area (Å²) in [5.74, 6) is 0.736. The molecule has 1 fully saturated rings.